The van der Waals surface area contributed by atoms with Gasteiger partial charge in [-0.2, -0.15) is 0 Å². The number of aromatic hydroxyl groups is 1. The molecule has 4 rings (SSSR count). The Bertz CT molecular complexity index is 1140. The van der Waals surface area contributed by atoms with Gasteiger partial charge in [0.1, 0.15) is 11.5 Å². The maximum Gasteiger partial charge on any atom is 0.280 e. The first-order chi connectivity index (χ1) is 13.6. The minimum absolute atomic E-state index is 0.133. The van der Waals surface area contributed by atoms with Crippen molar-refractivity contribution in [3.05, 3.63) is 66.5 Å². The fourth-order valence-electron chi connectivity index (χ4n) is 2.57. The van der Waals surface area contributed by atoms with E-state index in [4.69, 9.17) is 9.47 Å². The maximum atomic E-state index is 12.4. The summed E-state index contributed by atoms with van der Waals surface area (Å²) in [5.74, 6) is 0.692. The van der Waals surface area contributed by atoms with Crippen molar-refractivity contribution in [3.8, 4) is 23.0 Å². The molecule has 4 aromatic rings. The molecule has 2 N–H and O–H groups in total. The number of rotatable bonds is 5. The molecule has 0 fully saturated rings. The van der Waals surface area contributed by atoms with Gasteiger partial charge in [-0.05, 0) is 24.3 Å². The normalized spacial score (nSPS) is 10.6. The maximum absolute atomic E-state index is 12.4. The van der Waals surface area contributed by atoms with Crippen LogP contribution in [0.4, 0.5) is 5.13 Å². The monoisotopic (exact) mass is 393 g/mol. The molecule has 28 heavy (non-hydrogen) atoms. The molecule has 7 nitrogen and oxygen atoms in total. The molecule has 0 atom stereocenters. The second-order valence-corrected chi connectivity index (χ2v) is 6.76. The van der Waals surface area contributed by atoms with Crippen LogP contribution in [0, 0.1) is 0 Å². The molecule has 0 saturated heterocycles. The van der Waals surface area contributed by atoms with Gasteiger partial charge in [0.05, 0.1) is 17.3 Å². The molecule has 0 aliphatic heterocycles. The second kappa shape index (κ2) is 7.53. The van der Waals surface area contributed by atoms with Crippen LogP contribution in [-0.2, 0) is 0 Å². The summed E-state index contributed by atoms with van der Waals surface area (Å²) in [6.07, 6.45) is 1.39. The number of pyridine rings is 1. The lowest BCUT2D eigenvalue weighted by Crippen LogP contribution is -2.13. The van der Waals surface area contributed by atoms with E-state index < -0.39 is 5.91 Å². The first kappa shape index (κ1) is 17.7. The SMILES string of the molecule is COc1ccnc(C(=O)Nc2nc3ccc(Oc4ccccc4)cc3s2)c1O. The van der Waals surface area contributed by atoms with Crippen molar-refractivity contribution in [3.63, 3.8) is 0 Å². The molecular formula is C20H15N3O4S. The van der Waals surface area contributed by atoms with E-state index in [1.807, 2.05) is 48.5 Å². The predicted molar refractivity (Wildman–Crippen MR) is 107 cm³/mol. The van der Waals surface area contributed by atoms with E-state index in [-0.39, 0.29) is 17.2 Å². The van der Waals surface area contributed by atoms with Crippen LogP contribution in [0.1, 0.15) is 10.5 Å². The van der Waals surface area contributed by atoms with Gasteiger partial charge < -0.3 is 14.6 Å². The summed E-state index contributed by atoms with van der Waals surface area (Å²) in [6, 6.07) is 16.4. The lowest BCUT2D eigenvalue weighted by atomic mass is 10.3. The van der Waals surface area contributed by atoms with E-state index in [0.29, 0.717) is 10.9 Å². The van der Waals surface area contributed by atoms with Crippen LogP contribution in [0.2, 0.25) is 0 Å². The number of nitrogens with one attached hydrogen (secondary N) is 1. The zero-order chi connectivity index (χ0) is 19.5. The van der Waals surface area contributed by atoms with E-state index in [2.05, 4.69) is 15.3 Å². The fourth-order valence-corrected chi connectivity index (χ4v) is 3.46. The predicted octanol–water partition coefficient (Wildman–Crippen LogP) is 4.45. The fraction of sp³-hybridized carbons (Fsp3) is 0.0500. The number of methoxy groups -OCH3 is 1. The number of hydrogen-bond acceptors (Lipinski definition) is 7. The van der Waals surface area contributed by atoms with E-state index in [0.717, 1.165) is 16.0 Å². The Morgan fingerprint density at radius 1 is 1.11 bits per heavy atom. The highest BCUT2D eigenvalue weighted by molar-refractivity contribution is 7.22. The van der Waals surface area contributed by atoms with Crippen molar-refractivity contribution in [2.75, 3.05) is 12.4 Å². The van der Waals surface area contributed by atoms with Crippen LogP contribution >= 0.6 is 11.3 Å². The van der Waals surface area contributed by atoms with Gasteiger partial charge in [0, 0.05) is 18.3 Å². The van der Waals surface area contributed by atoms with Gasteiger partial charge in [-0.3, -0.25) is 10.1 Å². The van der Waals surface area contributed by atoms with Gasteiger partial charge >= 0.3 is 0 Å². The van der Waals surface area contributed by atoms with Crippen LogP contribution in [-0.4, -0.2) is 28.1 Å². The first-order valence-corrected chi connectivity index (χ1v) is 9.12. The summed E-state index contributed by atoms with van der Waals surface area (Å²) in [6.45, 7) is 0. The van der Waals surface area contributed by atoms with Gasteiger partial charge in [0.2, 0.25) is 0 Å². The van der Waals surface area contributed by atoms with Crippen LogP contribution in [0.5, 0.6) is 23.0 Å². The molecule has 0 spiro atoms. The number of thiazole rings is 1. The van der Waals surface area contributed by atoms with Gasteiger partial charge in [0.25, 0.3) is 5.91 Å². The Kier molecular flexibility index (Phi) is 4.77. The quantitative estimate of drug-likeness (QED) is 0.520. The van der Waals surface area contributed by atoms with Gasteiger partial charge in [-0.25, -0.2) is 9.97 Å². The molecule has 140 valence electrons. The summed E-state index contributed by atoms with van der Waals surface area (Å²) in [7, 11) is 1.40. The average molecular weight is 393 g/mol. The number of ether oxygens (including phenoxy) is 2. The van der Waals surface area contributed by atoms with E-state index in [9.17, 15) is 9.90 Å². The number of para-hydroxylation sites is 1. The summed E-state index contributed by atoms with van der Waals surface area (Å²) in [4.78, 5) is 20.7. The van der Waals surface area contributed by atoms with Crippen molar-refractivity contribution >= 4 is 32.6 Å². The molecule has 0 bridgehead atoms. The van der Waals surface area contributed by atoms with Crippen molar-refractivity contribution in [2.45, 2.75) is 0 Å². The summed E-state index contributed by atoms with van der Waals surface area (Å²) in [5.41, 5.74) is 0.593. The second-order valence-electron chi connectivity index (χ2n) is 5.73. The van der Waals surface area contributed by atoms with E-state index >= 15 is 0 Å². The van der Waals surface area contributed by atoms with E-state index in [1.165, 1.54) is 30.7 Å². The van der Waals surface area contributed by atoms with Gasteiger partial charge in [-0.15, -0.1) is 0 Å². The Morgan fingerprint density at radius 2 is 1.93 bits per heavy atom. The highest BCUT2D eigenvalue weighted by atomic mass is 32.1. The Balaban J connectivity index is 1.56. The lowest BCUT2D eigenvalue weighted by Gasteiger charge is -2.06. The topological polar surface area (TPSA) is 93.6 Å². The zero-order valence-corrected chi connectivity index (χ0v) is 15.6. The molecule has 0 radical (unpaired) electrons. The minimum Gasteiger partial charge on any atom is -0.503 e. The largest absolute Gasteiger partial charge is 0.503 e. The molecule has 0 aliphatic rings. The third kappa shape index (κ3) is 3.58. The Labute approximate surface area is 164 Å². The number of aromatic nitrogens is 2. The van der Waals surface area contributed by atoms with Crippen molar-refractivity contribution in [2.24, 2.45) is 0 Å². The van der Waals surface area contributed by atoms with Crippen molar-refractivity contribution < 1.29 is 19.4 Å². The van der Waals surface area contributed by atoms with Crippen LogP contribution in [0.3, 0.4) is 0 Å². The number of carbonyl (C=O) groups excluding carboxylic acids is 1. The summed E-state index contributed by atoms with van der Waals surface area (Å²) < 4.78 is 11.7. The van der Waals surface area contributed by atoms with Gasteiger partial charge in [0.15, 0.2) is 22.3 Å². The number of benzene rings is 2. The smallest absolute Gasteiger partial charge is 0.280 e. The Hall–Kier alpha value is -3.65. The highest BCUT2D eigenvalue weighted by Crippen LogP contribution is 2.32. The standard InChI is InChI=1S/C20H15N3O4S/c1-26-15-9-10-21-17(18(15)24)19(25)23-20-22-14-8-7-13(11-16(14)28-20)27-12-5-3-2-4-6-12/h2-11,24H,1H3,(H,22,23,25). The molecule has 8 heteroatoms. The molecule has 2 aromatic heterocycles. The molecule has 2 aromatic carbocycles. The summed E-state index contributed by atoms with van der Waals surface area (Å²) >= 11 is 1.30. The highest BCUT2D eigenvalue weighted by Gasteiger charge is 2.18. The average Bonchev–Trinajstić information content (AvgIpc) is 3.10. The number of hydrogen-bond donors (Lipinski definition) is 2. The molecule has 1 amide bonds. The van der Waals surface area contributed by atoms with Crippen LogP contribution in [0.25, 0.3) is 10.2 Å². The number of nitrogens with zero attached hydrogens (tertiary/aromatic N) is 2. The molecule has 0 saturated carbocycles. The van der Waals surface area contributed by atoms with Crippen molar-refractivity contribution in [1.82, 2.24) is 9.97 Å². The molecule has 0 aliphatic carbocycles. The lowest BCUT2D eigenvalue weighted by molar-refractivity contribution is 0.101. The Morgan fingerprint density at radius 3 is 2.71 bits per heavy atom. The number of amides is 1. The molecular weight excluding hydrogens is 378 g/mol. The zero-order valence-electron chi connectivity index (χ0n) is 14.7. The first-order valence-electron chi connectivity index (χ1n) is 8.31. The third-order valence-corrected chi connectivity index (χ3v) is 4.82. The van der Waals surface area contributed by atoms with Crippen LogP contribution < -0.4 is 14.8 Å². The van der Waals surface area contributed by atoms with Crippen molar-refractivity contribution in [1.29, 1.82) is 0 Å². The summed E-state index contributed by atoms with van der Waals surface area (Å²) in [5, 5.41) is 13.1. The minimum atomic E-state index is -0.573. The van der Waals surface area contributed by atoms with Crippen LogP contribution in [0.15, 0.2) is 60.8 Å². The third-order valence-electron chi connectivity index (χ3n) is 3.88. The molecule has 0 unspecified atom stereocenters. The number of carbonyl (C=O) groups is 1. The van der Waals surface area contributed by atoms with Gasteiger partial charge in [-0.1, -0.05) is 29.5 Å². The molecule has 2 heterocycles. The van der Waals surface area contributed by atoms with E-state index in [1.54, 1.807) is 0 Å². The number of fused-ring (bicyclic) bond motifs is 1. The number of anilines is 1.